The summed E-state index contributed by atoms with van der Waals surface area (Å²) in [4.78, 5) is 4.73. The van der Waals surface area contributed by atoms with E-state index in [1.165, 1.54) is 0 Å². The number of sulfone groups is 1. The average Bonchev–Trinajstić information content (AvgIpc) is 3.04. The lowest BCUT2D eigenvalue weighted by Crippen LogP contribution is -2.28. The number of aromatic nitrogens is 1. The first kappa shape index (κ1) is 21.9. The lowest BCUT2D eigenvalue weighted by atomic mass is 9.98. The number of rotatable bonds is 3. The van der Waals surface area contributed by atoms with Gasteiger partial charge in [-0.15, -0.1) is 0 Å². The van der Waals surface area contributed by atoms with Crippen molar-refractivity contribution in [3.8, 4) is 22.4 Å². The number of benzene rings is 2. The van der Waals surface area contributed by atoms with E-state index in [4.69, 9.17) is 32.6 Å². The Hall–Kier alpha value is -2.34. The summed E-state index contributed by atoms with van der Waals surface area (Å²) in [6.45, 7) is 6.69. The molecular weight excluding hydrogens is 453 g/mol. The van der Waals surface area contributed by atoms with E-state index in [9.17, 15) is 8.42 Å². The van der Waals surface area contributed by atoms with Gasteiger partial charge in [-0.3, -0.25) is 0 Å². The van der Waals surface area contributed by atoms with Crippen LogP contribution in [0.3, 0.4) is 0 Å². The van der Waals surface area contributed by atoms with E-state index in [0.29, 0.717) is 26.7 Å². The molecule has 0 aliphatic rings. The fourth-order valence-corrected chi connectivity index (χ4v) is 4.97. The molecule has 2 heterocycles. The fourth-order valence-electron chi connectivity index (χ4n) is 3.36. The molecule has 0 N–H and O–H groups in total. The third-order valence-corrected chi connectivity index (χ3v) is 8.29. The number of aryl methyl sites for hydroxylation is 1. The van der Waals surface area contributed by atoms with Gasteiger partial charge in [-0.1, -0.05) is 53.5 Å². The molecule has 0 aliphatic carbocycles. The molecule has 0 radical (unpaired) electrons. The minimum absolute atomic E-state index is 0.0548. The van der Waals surface area contributed by atoms with Gasteiger partial charge in [0.15, 0.2) is 0 Å². The summed E-state index contributed by atoms with van der Waals surface area (Å²) in [5.74, 6) is 0. The summed E-state index contributed by atoms with van der Waals surface area (Å²) in [6, 6.07) is 16.7. The molecule has 0 unspecified atom stereocenters. The standard InChI is InChI=1S/C24H21Cl2NO3S/c1-14-18-13-19(15-9-11-16(25)12-10-15)21(17-7-5-6-8-20(17)26)27-22(18)30-23(14)31(28,29)24(2,3)4/h5-13H,1-4H3. The zero-order chi connectivity index (χ0) is 22.6. The maximum atomic E-state index is 13.1. The molecule has 4 rings (SSSR count). The average molecular weight is 474 g/mol. The first-order chi connectivity index (χ1) is 14.5. The molecule has 160 valence electrons. The molecule has 2 aromatic carbocycles. The van der Waals surface area contributed by atoms with Gasteiger partial charge in [-0.25, -0.2) is 13.4 Å². The van der Waals surface area contributed by atoms with Gasteiger partial charge in [0.2, 0.25) is 20.6 Å². The van der Waals surface area contributed by atoms with Crippen LogP contribution in [0.25, 0.3) is 33.5 Å². The number of hydrogen-bond acceptors (Lipinski definition) is 4. The highest BCUT2D eigenvalue weighted by Crippen LogP contribution is 2.40. The van der Waals surface area contributed by atoms with Crippen LogP contribution in [-0.2, 0) is 9.84 Å². The maximum absolute atomic E-state index is 13.1. The van der Waals surface area contributed by atoms with Gasteiger partial charge in [0.25, 0.3) is 0 Å². The van der Waals surface area contributed by atoms with Gasteiger partial charge in [-0.05, 0) is 57.5 Å². The van der Waals surface area contributed by atoms with E-state index in [1.807, 2.05) is 36.4 Å². The van der Waals surface area contributed by atoms with E-state index in [2.05, 4.69) is 0 Å². The molecule has 4 nitrogen and oxygen atoms in total. The molecule has 0 bridgehead atoms. The van der Waals surface area contributed by atoms with Crippen LogP contribution in [0.5, 0.6) is 0 Å². The number of furan rings is 1. The van der Waals surface area contributed by atoms with Gasteiger partial charge in [0.1, 0.15) is 0 Å². The quantitative estimate of drug-likeness (QED) is 0.312. The molecule has 0 saturated heterocycles. The second-order valence-corrected chi connectivity index (χ2v) is 11.8. The lowest BCUT2D eigenvalue weighted by Gasteiger charge is -2.17. The van der Waals surface area contributed by atoms with Gasteiger partial charge < -0.3 is 4.42 Å². The molecule has 31 heavy (non-hydrogen) atoms. The van der Waals surface area contributed by atoms with Crippen molar-refractivity contribution in [1.82, 2.24) is 4.98 Å². The monoisotopic (exact) mass is 473 g/mol. The Balaban J connectivity index is 2.07. The van der Waals surface area contributed by atoms with Crippen LogP contribution >= 0.6 is 23.2 Å². The maximum Gasteiger partial charge on any atom is 0.228 e. The first-order valence-corrected chi connectivity index (χ1v) is 11.9. The minimum Gasteiger partial charge on any atom is -0.426 e. The van der Waals surface area contributed by atoms with Crippen LogP contribution in [0.1, 0.15) is 26.3 Å². The highest BCUT2D eigenvalue weighted by molar-refractivity contribution is 7.92. The molecular formula is C24H21Cl2NO3S. The zero-order valence-corrected chi connectivity index (χ0v) is 19.9. The minimum atomic E-state index is -3.69. The summed E-state index contributed by atoms with van der Waals surface area (Å²) < 4.78 is 31.0. The molecule has 0 spiro atoms. The Morgan fingerprint density at radius 2 is 1.58 bits per heavy atom. The Kier molecular flexibility index (Phi) is 5.41. The highest BCUT2D eigenvalue weighted by Gasteiger charge is 2.36. The van der Waals surface area contributed by atoms with Crippen molar-refractivity contribution in [1.29, 1.82) is 0 Å². The number of pyridine rings is 1. The molecule has 0 amide bonds. The van der Waals surface area contributed by atoms with Crippen LogP contribution in [0, 0.1) is 6.92 Å². The molecule has 0 atom stereocenters. The van der Waals surface area contributed by atoms with Crippen LogP contribution in [0.4, 0.5) is 0 Å². The van der Waals surface area contributed by atoms with Crippen molar-refractivity contribution in [2.75, 3.05) is 0 Å². The van der Waals surface area contributed by atoms with E-state index in [-0.39, 0.29) is 10.8 Å². The fraction of sp³-hybridized carbons (Fsp3) is 0.208. The van der Waals surface area contributed by atoms with E-state index >= 15 is 0 Å². The topological polar surface area (TPSA) is 60.2 Å². The van der Waals surface area contributed by atoms with Gasteiger partial charge in [-0.2, -0.15) is 0 Å². The molecule has 7 heteroatoms. The van der Waals surface area contributed by atoms with Crippen LogP contribution in [0.15, 0.2) is 64.1 Å². The summed E-state index contributed by atoms with van der Waals surface area (Å²) in [6.07, 6.45) is 0. The second-order valence-electron chi connectivity index (χ2n) is 8.35. The van der Waals surface area contributed by atoms with Gasteiger partial charge in [0.05, 0.1) is 10.4 Å². The Morgan fingerprint density at radius 1 is 0.935 bits per heavy atom. The van der Waals surface area contributed by atoms with Crippen LogP contribution in [0.2, 0.25) is 10.0 Å². The van der Waals surface area contributed by atoms with E-state index in [1.54, 1.807) is 45.9 Å². The van der Waals surface area contributed by atoms with E-state index < -0.39 is 14.6 Å². The summed E-state index contributed by atoms with van der Waals surface area (Å²) in [5.41, 5.74) is 3.82. The van der Waals surface area contributed by atoms with Crippen molar-refractivity contribution in [3.05, 3.63) is 70.2 Å². The highest BCUT2D eigenvalue weighted by atomic mass is 35.5. The number of fused-ring (bicyclic) bond motifs is 1. The molecule has 4 aromatic rings. The summed E-state index contributed by atoms with van der Waals surface area (Å²) in [5, 5.41) is 1.75. The molecule has 0 saturated carbocycles. The van der Waals surface area contributed by atoms with Gasteiger partial charge in [0, 0.05) is 32.1 Å². The number of nitrogens with zero attached hydrogens (tertiary/aromatic N) is 1. The number of hydrogen-bond donors (Lipinski definition) is 0. The third-order valence-electron chi connectivity index (χ3n) is 5.22. The normalized spacial score (nSPS) is 12.5. The second kappa shape index (κ2) is 7.66. The lowest BCUT2D eigenvalue weighted by molar-refractivity contribution is 0.458. The molecule has 0 fully saturated rings. The third kappa shape index (κ3) is 3.75. The predicted molar refractivity (Wildman–Crippen MR) is 127 cm³/mol. The first-order valence-electron chi connectivity index (χ1n) is 9.70. The molecule has 0 aliphatic heterocycles. The van der Waals surface area contributed by atoms with Crippen molar-refractivity contribution < 1.29 is 12.8 Å². The van der Waals surface area contributed by atoms with Crippen molar-refractivity contribution >= 4 is 44.1 Å². The Labute approximate surface area is 191 Å². The van der Waals surface area contributed by atoms with Crippen molar-refractivity contribution in [3.63, 3.8) is 0 Å². The van der Waals surface area contributed by atoms with Crippen LogP contribution in [-0.4, -0.2) is 18.1 Å². The SMILES string of the molecule is Cc1c(S(=O)(=O)C(C)(C)C)oc2nc(-c3ccccc3Cl)c(-c3ccc(Cl)cc3)cc12. The molecule has 2 aromatic heterocycles. The van der Waals surface area contributed by atoms with Crippen molar-refractivity contribution in [2.45, 2.75) is 37.5 Å². The van der Waals surface area contributed by atoms with Crippen LogP contribution < -0.4 is 0 Å². The summed E-state index contributed by atoms with van der Waals surface area (Å²) >= 11 is 12.6. The van der Waals surface area contributed by atoms with Crippen molar-refractivity contribution in [2.24, 2.45) is 0 Å². The smallest absolute Gasteiger partial charge is 0.228 e. The van der Waals surface area contributed by atoms with E-state index in [0.717, 1.165) is 16.7 Å². The summed E-state index contributed by atoms with van der Waals surface area (Å²) in [7, 11) is -3.69. The number of halogens is 2. The van der Waals surface area contributed by atoms with Gasteiger partial charge >= 0.3 is 0 Å². The zero-order valence-electron chi connectivity index (χ0n) is 17.5. The Morgan fingerprint density at radius 3 is 2.19 bits per heavy atom. The largest absolute Gasteiger partial charge is 0.426 e. The Bertz CT molecular complexity index is 1400. The predicted octanol–water partition coefficient (Wildman–Crippen LogP) is 7.35.